The summed E-state index contributed by atoms with van der Waals surface area (Å²) in [6.07, 6.45) is 5.48. The smallest absolute Gasteiger partial charge is 0.254 e. The molecule has 0 aromatic carbocycles. The minimum absolute atomic E-state index is 0.0648. The van der Waals surface area contributed by atoms with Crippen LogP contribution in [0, 0.1) is 6.92 Å². The lowest BCUT2D eigenvalue weighted by atomic mass is 10.3. The van der Waals surface area contributed by atoms with Crippen molar-refractivity contribution in [1.82, 2.24) is 19.9 Å². The lowest BCUT2D eigenvalue weighted by molar-refractivity contribution is 0.0950. The van der Waals surface area contributed by atoms with Crippen molar-refractivity contribution in [2.75, 3.05) is 0 Å². The van der Waals surface area contributed by atoms with Crippen molar-refractivity contribution in [1.29, 1.82) is 0 Å². The minimum atomic E-state index is -0.0648. The largest absolute Gasteiger partial charge is 0.349 e. The number of carbonyl (C=O) groups is 1. The van der Waals surface area contributed by atoms with Crippen LogP contribution in [0.25, 0.3) is 5.65 Å². The zero-order valence-electron chi connectivity index (χ0n) is 8.97. The fraction of sp³-hybridized carbons (Fsp3) is 0.364. The number of amides is 1. The van der Waals surface area contributed by atoms with Gasteiger partial charge in [-0.05, 0) is 19.8 Å². The van der Waals surface area contributed by atoms with Crippen molar-refractivity contribution in [2.24, 2.45) is 0 Å². The molecular formula is C11H12N4O. The molecule has 1 amide bonds. The Bertz CT molecular complexity index is 556. The van der Waals surface area contributed by atoms with Crippen molar-refractivity contribution >= 4 is 11.6 Å². The Morgan fingerprint density at radius 1 is 1.56 bits per heavy atom. The second-order valence-electron chi connectivity index (χ2n) is 4.18. The van der Waals surface area contributed by atoms with Gasteiger partial charge in [0.05, 0.1) is 11.3 Å². The Kier molecular flexibility index (Phi) is 1.92. The molecule has 1 N–H and O–H groups in total. The van der Waals surface area contributed by atoms with Gasteiger partial charge in [-0.2, -0.15) is 5.10 Å². The van der Waals surface area contributed by atoms with Crippen LogP contribution >= 0.6 is 0 Å². The molecule has 0 atom stereocenters. The molecule has 0 radical (unpaired) electrons. The van der Waals surface area contributed by atoms with Gasteiger partial charge in [-0.25, -0.2) is 9.50 Å². The molecule has 0 unspecified atom stereocenters. The number of fused-ring (bicyclic) bond motifs is 1. The second-order valence-corrected chi connectivity index (χ2v) is 4.18. The lowest BCUT2D eigenvalue weighted by Crippen LogP contribution is -2.25. The average molecular weight is 216 g/mol. The standard InChI is InChI=1S/C11H12N4O/c1-7-4-10-12-5-8(6-15(10)14-7)11(16)13-9-2-3-9/h4-6,9H,2-3H2,1H3,(H,13,16). The monoisotopic (exact) mass is 216 g/mol. The van der Waals surface area contributed by atoms with Gasteiger partial charge in [0, 0.05) is 24.5 Å². The van der Waals surface area contributed by atoms with Crippen LogP contribution in [-0.4, -0.2) is 26.5 Å². The van der Waals surface area contributed by atoms with E-state index in [0.29, 0.717) is 11.6 Å². The number of nitrogens with zero attached hydrogens (tertiary/aromatic N) is 3. The Morgan fingerprint density at radius 2 is 2.38 bits per heavy atom. The summed E-state index contributed by atoms with van der Waals surface area (Å²) in [7, 11) is 0. The third-order valence-electron chi connectivity index (χ3n) is 2.61. The number of hydrogen-bond acceptors (Lipinski definition) is 3. The highest BCUT2D eigenvalue weighted by Gasteiger charge is 2.24. The number of rotatable bonds is 2. The van der Waals surface area contributed by atoms with Crippen LogP contribution in [0.15, 0.2) is 18.5 Å². The molecule has 3 rings (SSSR count). The third-order valence-corrected chi connectivity index (χ3v) is 2.61. The summed E-state index contributed by atoms with van der Waals surface area (Å²) >= 11 is 0. The molecule has 5 heteroatoms. The predicted octanol–water partition coefficient (Wildman–Crippen LogP) is 0.930. The fourth-order valence-corrected chi connectivity index (χ4v) is 1.61. The van der Waals surface area contributed by atoms with E-state index in [0.717, 1.165) is 24.2 Å². The SMILES string of the molecule is Cc1cc2ncc(C(=O)NC3CC3)cn2n1. The van der Waals surface area contributed by atoms with Gasteiger partial charge in [0.25, 0.3) is 5.91 Å². The molecule has 0 spiro atoms. The van der Waals surface area contributed by atoms with Gasteiger partial charge in [0.15, 0.2) is 5.65 Å². The summed E-state index contributed by atoms with van der Waals surface area (Å²) < 4.78 is 1.64. The number of hydrogen-bond donors (Lipinski definition) is 1. The summed E-state index contributed by atoms with van der Waals surface area (Å²) in [6, 6.07) is 2.24. The molecule has 2 heterocycles. The Hall–Kier alpha value is -1.91. The predicted molar refractivity (Wildman–Crippen MR) is 58.2 cm³/mol. The molecule has 0 aliphatic heterocycles. The van der Waals surface area contributed by atoms with E-state index in [2.05, 4.69) is 15.4 Å². The molecule has 82 valence electrons. The molecule has 1 aliphatic carbocycles. The number of nitrogens with one attached hydrogen (secondary N) is 1. The molecule has 2 aromatic rings. The van der Waals surface area contributed by atoms with E-state index >= 15 is 0 Å². The third kappa shape index (κ3) is 1.64. The van der Waals surface area contributed by atoms with Crippen molar-refractivity contribution < 1.29 is 4.79 Å². The van der Waals surface area contributed by atoms with Gasteiger partial charge in [-0.1, -0.05) is 0 Å². The first-order valence-corrected chi connectivity index (χ1v) is 5.35. The van der Waals surface area contributed by atoms with Gasteiger partial charge in [-0.15, -0.1) is 0 Å². The van der Waals surface area contributed by atoms with Crippen LogP contribution in [0.1, 0.15) is 28.9 Å². The quantitative estimate of drug-likeness (QED) is 0.812. The highest BCUT2D eigenvalue weighted by molar-refractivity contribution is 5.94. The number of carbonyl (C=O) groups excluding carboxylic acids is 1. The summed E-state index contributed by atoms with van der Waals surface area (Å²) in [4.78, 5) is 15.9. The summed E-state index contributed by atoms with van der Waals surface area (Å²) in [5, 5.41) is 7.15. The topological polar surface area (TPSA) is 59.3 Å². The van der Waals surface area contributed by atoms with Gasteiger partial charge >= 0.3 is 0 Å². The van der Waals surface area contributed by atoms with E-state index in [9.17, 15) is 4.79 Å². The average Bonchev–Trinajstić information content (AvgIpc) is 2.96. The minimum Gasteiger partial charge on any atom is -0.349 e. The molecule has 1 aliphatic rings. The molecule has 16 heavy (non-hydrogen) atoms. The zero-order valence-corrected chi connectivity index (χ0v) is 8.97. The van der Waals surface area contributed by atoms with Gasteiger partial charge in [-0.3, -0.25) is 4.79 Å². The van der Waals surface area contributed by atoms with Crippen molar-refractivity contribution in [3.05, 3.63) is 29.7 Å². The first-order chi connectivity index (χ1) is 7.72. The van der Waals surface area contributed by atoms with Crippen molar-refractivity contribution in [2.45, 2.75) is 25.8 Å². The van der Waals surface area contributed by atoms with Crippen LogP contribution < -0.4 is 5.32 Å². The van der Waals surface area contributed by atoms with Gasteiger partial charge in [0.1, 0.15) is 0 Å². The fourth-order valence-electron chi connectivity index (χ4n) is 1.61. The molecule has 0 saturated heterocycles. The molecule has 1 saturated carbocycles. The number of aryl methyl sites for hydroxylation is 1. The van der Waals surface area contributed by atoms with E-state index < -0.39 is 0 Å². The Labute approximate surface area is 92.5 Å². The molecule has 0 bridgehead atoms. The maximum atomic E-state index is 11.8. The van der Waals surface area contributed by atoms with Crippen LogP contribution in [0.4, 0.5) is 0 Å². The second kappa shape index (κ2) is 3.30. The Balaban J connectivity index is 1.93. The Morgan fingerprint density at radius 3 is 3.12 bits per heavy atom. The van der Waals surface area contributed by atoms with E-state index in [1.165, 1.54) is 0 Å². The van der Waals surface area contributed by atoms with E-state index in [1.807, 2.05) is 13.0 Å². The van der Waals surface area contributed by atoms with E-state index in [1.54, 1.807) is 16.9 Å². The van der Waals surface area contributed by atoms with E-state index in [4.69, 9.17) is 0 Å². The van der Waals surface area contributed by atoms with Crippen LogP contribution in [0.5, 0.6) is 0 Å². The highest BCUT2D eigenvalue weighted by Crippen LogP contribution is 2.19. The van der Waals surface area contributed by atoms with Crippen LogP contribution in [-0.2, 0) is 0 Å². The summed E-state index contributed by atoms with van der Waals surface area (Å²) in [6.45, 7) is 1.90. The summed E-state index contributed by atoms with van der Waals surface area (Å²) in [5.74, 6) is -0.0648. The molecule has 5 nitrogen and oxygen atoms in total. The molecule has 1 fully saturated rings. The normalized spacial score (nSPS) is 15.3. The van der Waals surface area contributed by atoms with Crippen LogP contribution in [0.3, 0.4) is 0 Å². The van der Waals surface area contributed by atoms with Gasteiger partial charge < -0.3 is 5.32 Å². The first kappa shape index (κ1) is 9.33. The summed E-state index contributed by atoms with van der Waals surface area (Å²) in [5.41, 5.74) is 2.22. The van der Waals surface area contributed by atoms with Crippen LogP contribution in [0.2, 0.25) is 0 Å². The first-order valence-electron chi connectivity index (χ1n) is 5.35. The molecular weight excluding hydrogens is 204 g/mol. The lowest BCUT2D eigenvalue weighted by Gasteiger charge is -2.02. The zero-order chi connectivity index (χ0) is 11.1. The van der Waals surface area contributed by atoms with E-state index in [-0.39, 0.29) is 5.91 Å². The van der Waals surface area contributed by atoms with Crippen molar-refractivity contribution in [3.63, 3.8) is 0 Å². The maximum Gasteiger partial charge on any atom is 0.254 e. The molecule has 2 aromatic heterocycles. The number of aromatic nitrogens is 3. The van der Waals surface area contributed by atoms with Crippen molar-refractivity contribution in [3.8, 4) is 0 Å². The highest BCUT2D eigenvalue weighted by atomic mass is 16.1. The van der Waals surface area contributed by atoms with Gasteiger partial charge in [0.2, 0.25) is 0 Å². The maximum absolute atomic E-state index is 11.8.